The number of azide groups is 1. The van der Waals surface area contributed by atoms with Gasteiger partial charge in [-0.3, -0.25) is 4.79 Å². The molecule has 0 aliphatic carbocycles. The average molecular weight is 556 g/mol. The zero-order chi connectivity index (χ0) is 28.5. The van der Waals surface area contributed by atoms with Crippen LogP contribution < -0.4 is 4.74 Å². The number of hydrogen-bond acceptors (Lipinski definition) is 7. The second-order valence-corrected chi connectivity index (χ2v) is 9.94. The van der Waals surface area contributed by atoms with Crippen LogP contribution in [0.5, 0.6) is 5.75 Å². The molecule has 1 saturated heterocycles. The van der Waals surface area contributed by atoms with Crippen molar-refractivity contribution in [2.24, 2.45) is 10.1 Å². The highest BCUT2D eigenvalue weighted by molar-refractivity contribution is 6.01. The monoisotopic (exact) mass is 555 g/mol. The molecular formula is C31H33N5O5. The Kier molecular flexibility index (Phi) is 9.15. The summed E-state index contributed by atoms with van der Waals surface area (Å²) in [5.41, 5.74) is 10.9. The Labute approximate surface area is 238 Å². The number of aliphatic hydroxyl groups excluding tert-OH is 1. The molecule has 2 aliphatic rings. The third-order valence-corrected chi connectivity index (χ3v) is 7.26. The van der Waals surface area contributed by atoms with E-state index in [2.05, 4.69) is 10.0 Å². The van der Waals surface area contributed by atoms with Gasteiger partial charge in [0.25, 0.3) is 5.91 Å². The highest BCUT2D eigenvalue weighted by Crippen LogP contribution is 2.44. The van der Waals surface area contributed by atoms with Crippen LogP contribution in [0.2, 0.25) is 0 Å². The quantitative estimate of drug-likeness (QED) is 0.160. The number of benzene rings is 3. The van der Waals surface area contributed by atoms with Gasteiger partial charge in [0.2, 0.25) is 5.90 Å². The fourth-order valence-corrected chi connectivity index (χ4v) is 5.23. The standard InChI is InChI=1S/C31H33N5O5/c32-35-33-22-25-9-4-5-10-27(25)28-31(21-23-7-2-1-3-8-23,30(38)36-15-19-39-20-16-36)34-29(41-28)24-11-13-26(14-12-24)40-18-6-17-37/h1-5,7-14,28,37H,6,15-22H2/t28-,31-/m0/s1. The minimum Gasteiger partial charge on any atom is -0.494 e. The van der Waals surface area contributed by atoms with E-state index in [0.29, 0.717) is 63.0 Å². The summed E-state index contributed by atoms with van der Waals surface area (Å²) in [7, 11) is 0. The summed E-state index contributed by atoms with van der Waals surface area (Å²) < 4.78 is 17.9. The molecule has 0 saturated carbocycles. The Morgan fingerprint density at radius 2 is 1.80 bits per heavy atom. The fraction of sp³-hybridized carbons (Fsp3) is 0.355. The van der Waals surface area contributed by atoms with Crippen molar-refractivity contribution < 1.29 is 24.1 Å². The van der Waals surface area contributed by atoms with Crippen LogP contribution in [-0.2, 0) is 27.2 Å². The van der Waals surface area contributed by atoms with Crippen molar-refractivity contribution in [1.82, 2.24) is 4.90 Å². The van der Waals surface area contributed by atoms with Crippen molar-refractivity contribution in [2.75, 3.05) is 39.5 Å². The highest BCUT2D eigenvalue weighted by Gasteiger charge is 2.55. The second-order valence-electron chi connectivity index (χ2n) is 9.94. The van der Waals surface area contributed by atoms with Crippen LogP contribution in [0.25, 0.3) is 10.4 Å². The Bertz CT molecular complexity index is 1400. The van der Waals surface area contributed by atoms with E-state index in [1.54, 1.807) is 0 Å². The Morgan fingerprint density at radius 1 is 1.07 bits per heavy atom. The van der Waals surface area contributed by atoms with E-state index in [4.69, 9.17) is 29.8 Å². The summed E-state index contributed by atoms with van der Waals surface area (Å²) in [4.78, 5) is 24.5. The number of rotatable bonds is 11. The summed E-state index contributed by atoms with van der Waals surface area (Å²) in [5, 5.41) is 12.8. The number of carbonyl (C=O) groups excluding carboxylic acids is 1. The van der Waals surface area contributed by atoms with Gasteiger partial charge in [0.05, 0.1) is 26.4 Å². The van der Waals surface area contributed by atoms with Crippen LogP contribution in [0.3, 0.4) is 0 Å². The maximum Gasteiger partial charge on any atom is 0.255 e. The largest absolute Gasteiger partial charge is 0.494 e. The molecule has 0 unspecified atom stereocenters. The SMILES string of the molecule is [N-]=[N+]=NCc1ccccc1[C@@H]1OC(c2ccc(OCCCO)cc2)=N[C@]1(Cc1ccccc1)C(=O)N1CCOCC1. The molecular weight excluding hydrogens is 522 g/mol. The van der Waals surface area contributed by atoms with Crippen LogP contribution >= 0.6 is 0 Å². The van der Waals surface area contributed by atoms with Crippen molar-refractivity contribution in [3.8, 4) is 5.75 Å². The van der Waals surface area contributed by atoms with Gasteiger partial charge in [-0.1, -0.05) is 59.7 Å². The molecule has 10 nitrogen and oxygen atoms in total. The molecule has 10 heteroatoms. The number of aliphatic imine (C=N–C) groups is 1. The summed E-state index contributed by atoms with van der Waals surface area (Å²) in [6, 6.07) is 24.7. The molecule has 1 amide bonds. The van der Waals surface area contributed by atoms with Gasteiger partial charge in [0.15, 0.2) is 11.6 Å². The first kappa shape index (κ1) is 28.2. The maximum absolute atomic E-state index is 14.6. The second kappa shape index (κ2) is 13.3. The van der Waals surface area contributed by atoms with Crippen LogP contribution in [0.1, 0.15) is 34.8 Å². The lowest BCUT2D eigenvalue weighted by atomic mass is 9.80. The van der Waals surface area contributed by atoms with Crippen LogP contribution in [-0.4, -0.2) is 66.9 Å². The van der Waals surface area contributed by atoms with Gasteiger partial charge in [0.1, 0.15) is 5.75 Å². The minimum atomic E-state index is -1.31. The van der Waals surface area contributed by atoms with Crippen molar-refractivity contribution in [3.63, 3.8) is 0 Å². The summed E-state index contributed by atoms with van der Waals surface area (Å²) in [5.74, 6) is 0.886. The number of ether oxygens (including phenoxy) is 3. The molecule has 2 atom stereocenters. The number of morpholine rings is 1. The predicted octanol–water partition coefficient (Wildman–Crippen LogP) is 4.62. The van der Waals surface area contributed by atoms with Crippen LogP contribution in [0.15, 0.2) is 89.0 Å². The highest BCUT2D eigenvalue weighted by atomic mass is 16.5. The van der Waals surface area contributed by atoms with E-state index in [1.807, 2.05) is 83.8 Å². The molecule has 0 aromatic heterocycles. The zero-order valence-electron chi connectivity index (χ0n) is 22.8. The molecule has 41 heavy (non-hydrogen) atoms. The molecule has 2 heterocycles. The molecule has 1 N–H and O–H groups in total. The Morgan fingerprint density at radius 3 is 2.54 bits per heavy atom. The number of aliphatic hydroxyl groups is 1. The number of carbonyl (C=O) groups is 1. The maximum atomic E-state index is 14.6. The Balaban J connectivity index is 1.61. The van der Waals surface area contributed by atoms with Crippen molar-refractivity contribution in [2.45, 2.75) is 31.0 Å². The number of amides is 1. The molecule has 3 aromatic rings. The topological polar surface area (TPSA) is 129 Å². The van der Waals surface area contributed by atoms with Gasteiger partial charge in [-0.25, -0.2) is 4.99 Å². The lowest BCUT2D eigenvalue weighted by Gasteiger charge is -2.37. The van der Waals surface area contributed by atoms with Crippen LogP contribution in [0, 0.1) is 0 Å². The fourth-order valence-electron chi connectivity index (χ4n) is 5.23. The summed E-state index contributed by atoms with van der Waals surface area (Å²) >= 11 is 0. The molecule has 0 radical (unpaired) electrons. The number of hydrogen-bond donors (Lipinski definition) is 1. The van der Waals surface area contributed by atoms with E-state index in [9.17, 15) is 4.79 Å². The van der Waals surface area contributed by atoms with E-state index in [1.165, 1.54) is 0 Å². The lowest BCUT2D eigenvalue weighted by Crippen LogP contribution is -2.54. The predicted molar refractivity (Wildman–Crippen MR) is 154 cm³/mol. The molecule has 3 aromatic carbocycles. The summed E-state index contributed by atoms with van der Waals surface area (Å²) in [6.07, 6.45) is 0.0925. The van der Waals surface area contributed by atoms with E-state index in [-0.39, 0.29) is 19.1 Å². The van der Waals surface area contributed by atoms with Gasteiger partial charge in [0, 0.05) is 43.0 Å². The molecule has 212 valence electrons. The number of nitrogens with zero attached hydrogens (tertiary/aromatic N) is 5. The molecule has 0 bridgehead atoms. The van der Waals surface area contributed by atoms with Gasteiger partial charge in [-0.15, -0.1) is 0 Å². The normalized spacial score (nSPS) is 20.1. The first-order valence-corrected chi connectivity index (χ1v) is 13.7. The van der Waals surface area contributed by atoms with Crippen LogP contribution in [0.4, 0.5) is 0 Å². The van der Waals surface area contributed by atoms with E-state index in [0.717, 1.165) is 16.7 Å². The lowest BCUT2D eigenvalue weighted by molar-refractivity contribution is -0.143. The first-order chi connectivity index (χ1) is 20.1. The molecule has 5 rings (SSSR count). The van der Waals surface area contributed by atoms with Gasteiger partial charge >= 0.3 is 0 Å². The van der Waals surface area contributed by atoms with E-state index < -0.39 is 11.6 Å². The van der Waals surface area contributed by atoms with Gasteiger partial charge in [-0.2, -0.15) is 0 Å². The van der Waals surface area contributed by atoms with Crippen molar-refractivity contribution in [1.29, 1.82) is 0 Å². The smallest absolute Gasteiger partial charge is 0.255 e. The van der Waals surface area contributed by atoms with Gasteiger partial charge < -0.3 is 24.2 Å². The first-order valence-electron chi connectivity index (χ1n) is 13.7. The van der Waals surface area contributed by atoms with E-state index >= 15 is 0 Å². The Hall–Kier alpha value is -4.37. The third kappa shape index (κ3) is 6.36. The molecule has 2 aliphatic heterocycles. The molecule has 1 fully saturated rings. The van der Waals surface area contributed by atoms with Crippen molar-refractivity contribution >= 4 is 11.8 Å². The van der Waals surface area contributed by atoms with Crippen molar-refractivity contribution in [3.05, 3.63) is 112 Å². The van der Waals surface area contributed by atoms with Gasteiger partial charge in [-0.05, 0) is 46.5 Å². The third-order valence-electron chi connectivity index (χ3n) is 7.26. The molecule has 0 spiro atoms. The summed E-state index contributed by atoms with van der Waals surface area (Å²) in [6.45, 7) is 2.44. The average Bonchev–Trinajstić information content (AvgIpc) is 3.41. The zero-order valence-corrected chi connectivity index (χ0v) is 22.8. The minimum absolute atomic E-state index is 0.0614.